The van der Waals surface area contributed by atoms with Crippen molar-refractivity contribution in [1.82, 2.24) is 0 Å². The first kappa shape index (κ1) is 21.4. The molecule has 0 radical (unpaired) electrons. The lowest BCUT2D eigenvalue weighted by atomic mass is 10.1. The van der Waals surface area contributed by atoms with Gasteiger partial charge >= 0.3 is 5.97 Å². The standard InChI is InChI=1S/C18H19N3O8/c1-27-13-4-6-14(7-5-13)29-9-3-8-19-17-15(18(22)28-2)10-12(20(23)24)11-16(17)21(25)26/h4-7,10-11,19H,3,8-9H2,1-2H3. The van der Waals surface area contributed by atoms with Crippen molar-refractivity contribution in [3.05, 3.63) is 62.2 Å². The van der Waals surface area contributed by atoms with Crippen LogP contribution < -0.4 is 14.8 Å². The monoisotopic (exact) mass is 405 g/mol. The summed E-state index contributed by atoms with van der Waals surface area (Å²) in [4.78, 5) is 32.7. The molecule has 0 aliphatic carbocycles. The lowest BCUT2D eigenvalue weighted by Crippen LogP contribution is -2.14. The number of benzene rings is 2. The van der Waals surface area contributed by atoms with E-state index >= 15 is 0 Å². The first-order chi connectivity index (χ1) is 13.9. The Morgan fingerprint density at radius 2 is 1.69 bits per heavy atom. The maximum Gasteiger partial charge on any atom is 0.340 e. The lowest BCUT2D eigenvalue weighted by molar-refractivity contribution is -0.393. The van der Waals surface area contributed by atoms with Gasteiger partial charge in [-0.05, 0) is 30.7 Å². The van der Waals surface area contributed by atoms with Gasteiger partial charge in [-0.25, -0.2) is 4.79 Å². The van der Waals surface area contributed by atoms with Crippen LogP contribution in [0.3, 0.4) is 0 Å². The number of rotatable bonds is 10. The molecule has 0 amide bonds. The van der Waals surface area contributed by atoms with Crippen LogP contribution >= 0.6 is 0 Å². The number of nitro groups is 2. The molecule has 0 saturated carbocycles. The van der Waals surface area contributed by atoms with E-state index in [1.54, 1.807) is 31.4 Å². The smallest absolute Gasteiger partial charge is 0.340 e. The fourth-order valence-corrected chi connectivity index (χ4v) is 2.47. The Bertz CT molecular complexity index is 899. The molecule has 0 aliphatic rings. The van der Waals surface area contributed by atoms with Crippen LogP contribution in [-0.4, -0.2) is 43.2 Å². The highest BCUT2D eigenvalue weighted by Crippen LogP contribution is 2.33. The van der Waals surface area contributed by atoms with Gasteiger partial charge in [-0.3, -0.25) is 20.2 Å². The number of anilines is 1. The molecule has 0 heterocycles. The number of carbonyl (C=O) groups is 1. The highest BCUT2D eigenvalue weighted by atomic mass is 16.6. The van der Waals surface area contributed by atoms with Crippen molar-refractivity contribution in [2.24, 2.45) is 0 Å². The second-order valence-corrected chi connectivity index (χ2v) is 5.70. The van der Waals surface area contributed by atoms with Crippen LogP contribution in [0.1, 0.15) is 16.8 Å². The highest BCUT2D eigenvalue weighted by Gasteiger charge is 2.27. The van der Waals surface area contributed by atoms with Crippen LogP contribution in [0, 0.1) is 20.2 Å². The van der Waals surface area contributed by atoms with Gasteiger partial charge in [-0.2, -0.15) is 0 Å². The Morgan fingerprint density at radius 1 is 1.03 bits per heavy atom. The van der Waals surface area contributed by atoms with Crippen molar-refractivity contribution < 1.29 is 28.9 Å². The minimum absolute atomic E-state index is 0.142. The third-order valence-corrected chi connectivity index (χ3v) is 3.87. The van der Waals surface area contributed by atoms with Gasteiger partial charge in [-0.15, -0.1) is 0 Å². The predicted octanol–water partition coefficient (Wildman–Crippen LogP) is 3.18. The van der Waals surface area contributed by atoms with Crippen molar-refractivity contribution in [1.29, 1.82) is 0 Å². The molecule has 2 aromatic rings. The molecule has 0 fully saturated rings. The van der Waals surface area contributed by atoms with E-state index in [0.29, 0.717) is 24.5 Å². The first-order valence-corrected chi connectivity index (χ1v) is 8.43. The minimum atomic E-state index is -0.922. The molecule has 0 saturated heterocycles. The van der Waals surface area contributed by atoms with Crippen molar-refractivity contribution in [2.45, 2.75) is 6.42 Å². The molecule has 2 rings (SSSR count). The second kappa shape index (κ2) is 9.88. The molecule has 0 atom stereocenters. The summed E-state index contributed by atoms with van der Waals surface area (Å²) in [6.07, 6.45) is 0.445. The van der Waals surface area contributed by atoms with Gasteiger partial charge < -0.3 is 19.5 Å². The summed E-state index contributed by atoms with van der Waals surface area (Å²) in [5, 5.41) is 25.1. The van der Waals surface area contributed by atoms with E-state index in [1.807, 2.05) is 0 Å². The van der Waals surface area contributed by atoms with Crippen molar-refractivity contribution in [3.8, 4) is 11.5 Å². The summed E-state index contributed by atoms with van der Waals surface area (Å²) >= 11 is 0. The zero-order valence-corrected chi connectivity index (χ0v) is 15.7. The minimum Gasteiger partial charge on any atom is -0.497 e. The predicted molar refractivity (Wildman–Crippen MR) is 103 cm³/mol. The SMILES string of the molecule is COC(=O)c1cc([N+](=O)[O-])cc([N+](=O)[O-])c1NCCCOc1ccc(OC)cc1. The largest absolute Gasteiger partial charge is 0.497 e. The Labute approximate surface area is 165 Å². The summed E-state index contributed by atoms with van der Waals surface area (Å²) in [5.74, 6) is 0.399. The highest BCUT2D eigenvalue weighted by molar-refractivity contribution is 5.99. The van der Waals surface area contributed by atoms with Crippen molar-refractivity contribution in [2.75, 3.05) is 32.7 Å². The topological polar surface area (TPSA) is 143 Å². The summed E-state index contributed by atoms with van der Waals surface area (Å²) in [6.45, 7) is 0.520. The summed E-state index contributed by atoms with van der Waals surface area (Å²) < 4.78 is 15.2. The van der Waals surface area contributed by atoms with E-state index in [-0.39, 0.29) is 17.8 Å². The van der Waals surface area contributed by atoms with Crippen LogP contribution in [0.2, 0.25) is 0 Å². The van der Waals surface area contributed by atoms with E-state index < -0.39 is 27.2 Å². The maximum atomic E-state index is 12.0. The fraction of sp³-hybridized carbons (Fsp3) is 0.278. The van der Waals surface area contributed by atoms with Crippen LogP contribution in [-0.2, 0) is 4.74 Å². The number of ether oxygens (including phenoxy) is 3. The van der Waals surface area contributed by atoms with E-state index in [9.17, 15) is 25.0 Å². The van der Waals surface area contributed by atoms with Crippen LogP contribution in [0.5, 0.6) is 11.5 Å². The van der Waals surface area contributed by atoms with Crippen molar-refractivity contribution >= 4 is 23.0 Å². The molecular weight excluding hydrogens is 386 g/mol. The zero-order valence-electron chi connectivity index (χ0n) is 15.7. The molecule has 0 aliphatic heterocycles. The molecule has 0 bridgehead atoms. The maximum absolute atomic E-state index is 12.0. The number of esters is 1. The zero-order chi connectivity index (χ0) is 21.4. The average Bonchev–Trinajstić information content (AvgIpc) is 2.72. The molecule has 0 aromatic heterocycles. The Hall–Kier alpha value is -3.89. The Kier molecular flexibility index (Phi) is 7.29. The fourth-order valence-electron chi connectivity index (χ4n) is 2.47. The number of carbonyl (C=O) groups excluding carboxylic acids is 1. The average molecular weight is 405 g/mol. The van der Waals surface area contributed by atoms with Crippen LogP contribution in [0.15, 0.2) is 36.4 Å². The Balaban J connectivity index is 2.08. The van der Waals surface area contributed by atoms with E-state index in [0.717, 1.165) is 19.2 Å². The van der Waals surface area contributed by atoms with Gasteiger partial charge in [0.1, 0.15) is 17.2 Å². The van der Waals surface area contributed by atoms with Crippen molar-refractivity contribution in [3.63, 3.8) is 0 Å². The molecule has 29 heavy (non-hydrogen) atoms. The number of hydrogen-bond acceptors (Lipinski definition) is 9. The normalized spacial score (nSPS) is 10.1. The molecule has 2 aromatic carbocycles. The molecule has 154 valence electrons. The quantitative estimate of drug-likeness (QED) is 0.273. The lowest BCUT2D eigenvalue weighted by Gasteiger charge is -2.12. The van der Waals surface area contributed by atoms with Gasteiger partial charge in [-0.1, -0.05) is 0 Å². The molecular formula is C18H19N3O8. The number of nitrogens with one attached hydrogen (secondary N) is 1. The second-order valence-electron chi connectivity index (χ2n) is 5.70. The van der Waals surface area contributed by atoms with E-state index in [4.69, 9.17) is 9.47 Å². The third kappa shape index (κ3) is 5.54. The van der Waals surface area contributed by atoms with Gasteiger partial charge in [0, 0.05) is 12.6 Å². The number of methoxy groups -OCH3 is 2. The summed E-state index contributed by atoms with van der Waals surface area (Å²) in [6, 6.07) is 8.70. The molecule has 11 heteroatoms. The number of hydrogen-bond donors (Lipinski definition) is 1. The van der Waals surface area contributed by atoms with Gasteiger partial charge in [0.05, 0.1) is 42.3 Å². The number of nitrogens with zero attached hydrogens (tertiary/aromatic N) is 2. The van der Waals surface area contributed by atoms with E-state index in [2.05, 4.69) is 10.1 Å². The molecule has 11 nitrogen and oxygen atoms in total. The van der Waals surface area contributed by atoms with Crippen LogP contribution in [0.4, 0.5) is 17.1 Å². The molecule has 0 unspecified atom stereocenters. The van der Waals surface area contributed by atoms with Crippen LogP contribution in [0.25, 0.3) is 0 Å². The number of nitro benzene ring substituents is 2. The van der Waals surface area contributed by atoms with Gasteiger partial charge in [0.15, 0.2) is 0 Å². The Morgan fingerprint density at radius 3 is 2.24 bits per heavy atom. The van der Waals surface area contributed by atoms with E-state index in [1.165, 1.54) is 0 Å². The summed E-state index contributed by atoms with van der Waals surface area (Å²) in [7, 11) is 2.64. The first-order valence-electron chi connectivity index (χ1n) is 8.43. The van der Waals surface area contributed by atoms with Gasteiger partial charge in [0.2, 0.25) is 0 Å². The number of non-ortho nitro benzene ring substituents is 1. The summed E-state index contributed by atoms with van der Waals surface area (Å²) in [5.41, 5.74) is -1.59. The third-order valence-electron chi connectivity index (χ3n) is 3.87. The van der Waals surface area contributed by atoms with Gasteiger partial charge in [0.25, 0.3) is 11.4 Å². The molecule has 1 N–H and O–H groups in total. The molecule has 0 spiro atoms.